The largest absolute Gasteiger partial charge is 0.465 e. The second-order valence-corrected chi connectivity index (χ2v) is 7.54. The number of esters is 1. The molecule has 0 aliphatic carbocycles. The Hall–Kier alpha value is -0.0500. The van der Waals surface area contributed by atoms with E-state index >= 15 is 0 Å². The maximum atomic E-state index is 11.7. The van der Waals surface area contributed by atoms with Crippen LogP contribution < -0.4 is 0 Å². The summed E-state index contributed by atoms with van der Waals surface area (Å²) < 4.78 is 5.50. The predicted molar refractivity (Wildman–Crippen MR) is 104 cm³/mol. The van der Waals surface area contributed by atoms with Gasteiger partial charge in [0.25, 0.3) is 0 Å². The van der Waals surface area contributed by atoms with Crippen molar-refractivity contribution in [2.75, 3.05) is 11.9 Å². The second-order valence-electron chi connectivity index (χ2n) is 6.75. The van der Waals surface area contributed by atoms with E-state index in [4.69, 9.17) is 4.74 Å². The number of hydrogen-bond acceptors (Lipinski definition) is 2. The molecule has 0 aromatic heterocycles. The maximum Gasteiger partial charge on any atom is 0.305 e. The number of unbranched alkanes of at least 4 members (excludes halogenated alkanes) is 8. The van der Waals surface area contributed by atoms with Crippen molar-refractivity contribution in [1.29, 1.82) is 0 Å². The van der Waals surface area contributed by atoms with Gasteiger partial charge in [-0.25, -0.2) is 0 Å². The van der Waals surface area contributed by atoms with Crippen LogP contribution in [0.5, 0.6) is 0 Å². The van der Waals surface area contributed by atoms with Crippen LogP contribution in [0.1, 0.15) is 104 Å². The number of alkyl halides is 1. The first-order valence-corrected chi connectivity index (χ1v) is 11.1. The van der Waals surface area contributed by atoms with E-state index in [0.717, 1.165) is 11.8 Å². The topological polar surface area (TPSA) is 26.3 Å². The lowest BCUT2D eigenvalue weighted by atomic mass is 9.95. The monoisotopic (exact) mass is 390 g/mol. The summed E-state index contributed by atoms with van der Waals surface area (Å²) in [6.07, 6.45) is 17.1. The molecule has 138 valence electrons. The van der Waals surface area contributed by atoms with Gasteiger partial charge in [-0.2, -0.15) is 0 Å². The van der Waals surface area contributed by atoms with E-state index in [1.165, 1.54) is 77.0 Å². The van der Waals surface area contributed by atoms with E-state index in [2.05, 4.69) is 29.8 Å². The molecule has 1 unspecified atom stereocenters. The van der Waals surface area contributed by atoms with Crippen LogP contribution in [0.2, 0.25) is 0 Å². The SMILES string of the molecule is CCCCCCCCC(CCCCCC)COC(=O)CCCBr. The maximum absolute atomic E-state index is 11.7. The lowest BCUT2D eigenvalue weighted by molar-refractivity contribution is -0.145. The number of ether oxygens (including phenoxy) is 1. The fourth-order valence-corrected chi connectivity index (χ4v) is 3.16. The van der Waals surface area contributed by atoms with Crippen molar-refractivity contribution in [2.45, 2.75) is 104 Å². The molecule has 3 heteroatoms. The van der Waals surface area contributed by atoms with E-state index in [9.17, 15) is 4.79 Å². The number of hydrogen-bond donors (Lipinski definition) is 0. The van der Waals surface area contributed by atoms with Gasteiger partial charge in [0.05, 0.1) is 6.61 Å². The molecule has 0 spiro atoms. The van der Waals surface area contributed by atoms with E-state index in [0.29, 0.717) is 18.9 Å². The first kappa shape index (κ1) is 22.9. The molecule has 0 radical (unpaired) electrons. The second kappa shape index (κ2) is 18.3. The van der Waals surface area contributed by atoms with Crippen molar-refractivity contribution < 1.29 is 9.53 Å². The number of halogens is 1. The molecule has 0 aromatic carbocycles. The van der Waals surface area contributed by atoms with Gasteiger partial charge < -0.3 is 4.74 Å². The van der Waals surface area contributed by atoms with Gasteiger partial charge in [-0.3, -0.25) is 4.79 Å². The fourth-order valence-electron chi connectivity index (χ4n) is 2.88. The molecular formula is C20H39BrO2. The summed E-state index contributed by atoms with van der Waals surface area (Å²) in [5.41, 5.74) is 0. The van der Waals surface area contributed by atoms with Crippen LogP contribution in [-0.4, -0.2) is 17.9 Å². The van der Waals surface area contributed by atoms with Gasteiger partial charge in [-0.05, 0) is 25.2 Å². The van der Waals surface area contributed by atoms with Crippen molar-refractivity contribution in [3.05, 3.63) is 0 Å². The van der Waals surface area contributed by atoms with Crippen LogP contribution in [0.15, 0.2) is 0 Å². The van der Waals surface area contributed by atoms with E-state index < -0.39 is 0 Å². The lowest BCUT2D eigenvalue weighted by Crippen LogP contribution is -2.14. The van der Waals surface area contributed by atoms with Gasteiger partial charge in [-0.1, -0.05) is 94.0 Å². The Balaban J connectivity index is 3.90. The fraction of sp³-hybridized carbons (Fsp3) is 0.950. The number of carbonyl (C=O) groups excluding carboxylic acids is 1. The molecule has 23 heavy (non-hydrogen) atoms. The van der Waals surface area contributed by atoms with Gasteiger partial charge in [0, 0.05) is 11.8 Å². The quantitative estimate of drug-likeness (QED) is 0.151. The average Bonchev–Trinajstić information content (AvgIpc) is 2.56. The first-order chi connectivity index (χ1) is 11.2. The molecule has 0 saturated carbocycles. The van der Waals surface area contributed by atoms with E-state index in [1.54, 1.807) is 0 Å². The van der Waals surface area contributed by atoms with Crippen LogP contribution in [0, 0.1) is 5.92 Å². The Morgan fingerprint density at radius 1 is 0.826 bits per heavy atom. The highest BCUT2D eigenvalue weighted by Crippen LogP contribution is 2.19. The van der Waals surface area contributed by atoms with Crippen molar-refractivity contribution in [1.82, 2.24) is 0 Å². The van der Waals surface area contributed by atoms with E-state index in [-0.39, 0.29) is 5.97 Å². The average molecular weight is 391 g/mol. The summed E-state index contributed by atoms with van der Waals surface area (Å²) in [5.74, 6) is 0.553. The number of carbonyl (C=O) groups is 1. The summed E-state index contributed by atoms with van der Waals surface area (Å²) in [7, 11) is 0. The molecular weight excluding hydrogens is 352 g/mol. The lowest BCUT2D eigenvalue weighted by Gasteiger charge is -2.17. The Bertz CT molecular complexity index is 256. The molecule has 0 aliphatic rings. The highest BCUT2D eigenvalue weighted by molar-refractivity contribution is 9.09. The number of rotatable bonds is 17. The zero-order chi connectivity index (χ0) is 17.2. The molecule has 0 rings (SSSR count). The van der Waals surface area contributed by atoms with Gasteiger partial charge in [0.1, 0.15) is 0 Å². The molecule has 2 nitrogen and oxygen atoms in total. The Kier molecular flexibility index (Phi) is 18.3. The van der Waals surface area contributed by atoms with Crippen LogP contribution in [-0.2, 0) is 9.53 Å². The highest BCUT2D eigenvalue weighted by atomic mass is 79.9. The molecule has 0 bridgehead atoms. The van der Waals surface area contributed by atoms with Gasteiger partial charge in [0.2, 0.25) is 0 Å². The zero-order valence-corrected chi connectivity index (χ0v) is 17.2. The van der Waals surface area contributed by atoms with Crippen molar-refractivity contribution in [2.24, 2.45) is 5.92 Å². The van der Waals surface area contributed by atoms with Gasteiger partial charge in [-0.15, -0.1) is 0 Å². The van der Waals surface area contributed by atoms with Crippen molar-refractivity contribution >= 4 is 21.9 Å². The van der Waals surface area contributed by atoms with Gasteiger partial charge >= 0.3 is 5.97 Å². The molecule has 0 heterocycles. The predicted octanol–water partition coefficient (Wildman–Crippen LogP) is 7.04. The summed E-state index contributed by atoms with van der Waals surface area (Å²) in [5, 5.41) is 0.875. The minimum absolute atomic E-state index is 0.0223. The minimum atomic E-state index is -0.0223. The Morgan fingerprint density at radius 2 is 1.35 bits per heavy atom. The zero-order valence-electron chi connectivity index (χ0n) is 15.6. The summed E-state index contributed by atoms with van der Waals surface area (Å²) in [4.78, 5) is 11.7. The van der Waals surface area contributed by atoms with Gasteiger partial charge in [0.15, 0.2) is 0 Å². The molecule has 0 fully saturated rings. The van der Waals surface area contributed by atoms with Crippen LogP contribution in [0.3, 0.4) is 0 Å². The van der Waals surface area contributed by atoms with E-state index in [1.807, 2.05) is 0 Å². The highest BCUT2D eigenvalue weighted by Gasteiger charge is 2.12. The third-order valence-corrected chi connectivity index (χ3v) is 4.99. The molecule has 1 atom stereocenters. The minimum Gasteiger partial charge on any atom is -0.465 e. The Labute approximate surface area is 153 Å². The summed E-state index contributed by atoms with van der Waals surface area (Å²) in [6.45, 7) is 5.15. The summed E-state index contributed by atoms with van der Waals surface area (Å²) >= 11 is 3.36. The van der Waals surface area contributed by atoms with Crippen molar-refractivity contribution in [3.63, 3.8) is 0 Å². The smallest absolute Gasteiger partial charge is 0.305 e. The Morgan fingerprint density at radius 3 is 1.91 bits per heavy atom. The van der Waals surface area contributed by atoms with Crippen LogP contribution >= 0.6 is 15.9 Å². The third kappa shape index (κ3) is 16.6. The van der Waals surface area contributed by atoms with Crippen LogP contribution in [0.4, 0.5) is 0 Å². The molecule has 0 saturated heterocycles. The normalized spacial score (nSPS) is 12.3. The van der Waals surface area contributed by atoms with Crippen LogP contribution in [0.25, 0.3) is 0 Å². The third-order valence-electron chi connectivity index (χ3n) is 4.43. The molecule has 0 aliphatic heterocycles. The summed E-state index contributed by atoms with van der Waals surface area (Å²) in [6, 6.07) is 0. The standard InChI is InChI=1S/C20H39BrO2/c1-3-5-7-9-10-12-15-19(14-11-8-6-4-2)18-23-20(22)16-13-17-21/h19H,3-18H2,1-2H3. The molecule has 0 N–H and O–H groups in total. The van der Waals surface area contributed by atoms with Crippen molar-refractivity contribution in [3.8, 4) is 0 Å². The first-order valence-electron chi connectivity index (χ1n) is 9.96. The molecule has 0 aromatic rings. The molecule has 0 amide bonds.